The van der Waals surface area contributed by atoms with Crippen molar-refractivity contribution in [1.29, 1.82) is 0 Å². The molecule has 1 heterocycles. The average molecular weight is 278 g/mol. The van der Waals surface area contributed by atoms with E-state index in [9.17, 15) is 0 Å². The SMILES string of the molecule is COCC1CCN(Cc2ccc(C(N)=S)cc2C)C1. The molecule has 2 rings (SSSR count). The molecule has 0 aromatic heterocycles. The lowest BCUT2D eigenvalue weighted by Gasteiger charge is -2.18. The van der Waals surface area contributed by atoms with Gasteiger partial charge in [-0.3, -0.25) is 4.90 Å². The van der Waals surface area contributed by atoms with E-state index in [1.807, 2.05) is 6.07 Å². The second-order valence-electron chi connectivity index (χ2n) is 5.35. The first-order chi connectivity index (χ1) is 9.10. The number of thiocarbonyl (C=S) groups is 1. The van der Waals surface area contributed by atoms with E-state index >= 15 is 0 Å². The number of hydrogen-bond acceptors (Lipinski definition) is 3. The summed E-state index contributed by atoms with van der Waals surface area (Å²) in [5, 5.41) is 0. The predicted octanol–water partition coefficient (Wildman–Crippen LogP) is 2.10. The van der Waals surface area contributed by atoms with E-state index in [0.29, 0.717) is 10.9 Å². The molecule has 4 heteroatoms. The van der Waals surface area contributed by atoms with Gasteiger partial charge in [0.1, 0.15) is 4.99 Å². The molecule has 0 aliphatic carbocycles. The van der Waals surface area contributed by atoms with Crippen LogP contribution >= 0.6 is 12.2 Å². The van der Waals surface area contributed by atoms with Crippen LogP contribution in [0.25, 0.3) is 0 Å². The largest absolute Gasteiger partial charge is 0.389 e. The van der Waals surface area contributed by atoms with Crippen LogP contribution in [0.2, 0.25) is 0 Å². The Balaban J connectivity index is 1.98. The van der Waals surface area contributed by atoms with Crippen molar-refractivity contribution in [3.8, 4) is 0 Å². The minimum absolute atomic E-state index is 0.469. The van der Waals surface area contributed by atoms with Crippen molar-refractivity contribution in [2.24, 2.45) is 11.7 Å². The summed E-state index contributed by atoms with van der Waals surface area (Å²) >= 11 is 5.01. The van der Waals surface area contributed by atoms with Gasteiger partial charge in [-0.15, -0.1) is 0 Å². The Kier molecular flexibility index (Phi) is 4.91. The van der Waals surface area contributed by atoms with E-state index in [-0.39, 0.29) is 0 Å². The molecule has 3 nitrogen and oxygen atoms in total. The van der Waals surface area contributed by atoms with Crippen molar-refractivity contribution in [3.63, 3.8) is 0 Å². The van der Waals surface area contributed by atoms with Gasteiger partial charge in [0.15, 0.2) is 0 Å². The van der Waals surface area contributed by atoms with Crippen LogP contribution in [-0.2, 0) is 11.3 Å². The number of aryl methyl sites for hydroxylation is 1. The number of nitrogens with two attached hydrogens (primary N) is 1. The van der Waals surface area contributed by atoms with Crippen molar-refractivity contribution in [2.75, 3.05) is 26.8 Å². The number of rotatable bonds is 5. The Morgan fingerprint density at radius 1 is 1.53 bits per heavy atom. The smallest absolute Gasteiger partial charge is 0.103 e. The molecule has 0 radical (unpaired) electrons. The fourth-order valence-corrected chi connectivity index (χ4v) is 2.82. The maximum atomic E-state index is 5.65. The highest BCUT2D eigenvalue weighted by atomic mass is 32.1. The monoisotopic (exact) mass is 278 g/mol. The number of ether oxygens (including phenoxy) is 1. The first-order valence-corrected chi connectivity index (χ1v) is 7.11. The Morgan fingerprint density at radius 2 is 2.32 bits per heavy atom. The zero-order chi connectivity index (χ0) is 13.8. The fraction of sp³-hybridized carbons (Fsp3) is 0.533. The van der Waals surface area contributed by atoms with Gasteiger partial charge in [0.2, 0.25) is 0 Å². The molecular formula is C15H22N2OS. The van der Waals surface area contributed by atoms with Crippen LogP contribution in [0.15, 0.2) is 18.2 Å². The third-order valence-electron chi connectivity index (χ3n) is 3.79. The zero-order valence-electron chi connectivity index (χ0n) is 11.7. The molecule has 1 atom stereocenters. The Morgan fingerprint density at radius 3 is 2.95 bits per heavy atom. The topological polar surface area (TPSA) is 38.5 Å². The third kappa shape index (κ3) is 3.75. The van der Waals surface area contributed by atoms with Crippen LogP contribution in [0.1, 0.15) is 23.1 Å². The first-order valence-electron chi connectivity index (χ1n) is 6.70. The molecule has 0 spiro atoms. The molecule has 1 aliphatic heterocycles. The molecule has 0 bridgehead atoms. The molecule has 2 N–H and O–H groups in total. The van der Waals surface area contributed by atoms with E-state index in [4.69, 9.17) is 22.7 Å². The lowest BCUT2D eigenvalue weighted by molar-refractivity contribution is 0.152. The van der Waals surface area contributed by atoms with Crippen molar-refractivity contribution < 1.29 is 4.74 Å². The summed E-state index contributed by atoms with van der Waals surface area (Å²) in [4.78, 5) is 2.96. The highest BCUT2D eigenvalue weighted by Gasteiger charge is 2.22. The van der Waals surface area contributed by atoms with Crippen LogP contribution in [0.4, 0.5) is 0 Å². The van der Waals surface area contributed by atoms with Crippen molar-refractivity contribution >= 4 is 17.2 Å². The van der Waals surface area contributed by atoms with Crippen molar-refractivity contribution in [2.45, 2.75) is 19.9 Å². The minimum atomic E-state index is 0.469. The molecule has 104 valence electrons. The molecule has 1 fully saturated rings. The molecule has 1 aromatic carbocycles. The van der Waals surface area contributed by atoms with E-state index in [1.54, 1.807) is 7.11 Å². The molecule has 1 aromatic rings. The summed E-state index contributed by atoms with van der Waals surface area (Å²) in [5.41, 5.74) is 9.23. The molecular weight excluding hydrogens is 256 g/mol. The number of nitrogens with zero attached hydrogens (tertiary/aromatic N) is 1. The van der Waals surface area contributed by atoms with Crippen molar-refractivity contribution in [1.82, 2.24) is 4.90 Å². The fourth-order valence-electron chi connectivity index (χ4n) is 2.70. The Bertz CT molecular complexity index is 461. The van der Waals surface area contributed by atoms with E-state index < -0.39 is 0 Å². The second kappa shape index (κ2) is 6.46. The summed E-state index contributed by atoms with van der Waals surface area (Å²) in [7, 11) is 1.78. The molecule has 0 amide bonds. The predicted molar refractivity (Wildman–Crippen MR) is 82.3 cm³/mol. The number of hydrogen-bond donors (Lipinski definition) is 1. The minimum Gasteiger partial charge on any atom is -0.389 e. The van der Waals surface area contributed by atoms with Gasteiger partial charge in [0.25, 0.3) is 0 Å². The Hall–Kier alpha value is -0.970. The van der Waals surface area contributed by atoms with Gasteiger partial charge in [-0.25, -0.2) is 0 Å². The Labute approximate surface area is 120 Å². The van der Waals surface area contributed by atoms with Crippen LogP contribution in [0, 0.1) is 12.8 Å². The molecule has 0 saturated carbocycles. The van der Waals surface area contributed by atoms with Gasteiger partial charge in [-0.05, 0) is 43.0 Å². The maximum absolute atomic E-state index is 5.65. The second-order valence-corrected chi connectivity index (χ2v) is 5.79. The molecule has 1 unspecified atom stereocenters. The van der Waals surface area contributed by atoms with Crippen LogP contribution < -0.4 is 5.73 Å². The van der Waals surface area contributed by atoms with Crippen LogP contribution in [0.5, 0.6) is 0 Å². The summed E-state index contributed by atoms with van der Waals surface area (Å²) in [6, 6.07) is 6.25. The van der Waals surface area contributed by atoms with Gasteiger partial charge in [-0.1, -0.05) is 24.4 Å². The number of benzene rings is 1. The standard InChI is InChI=1S/C15H22N2OS/c1-11-7-13(15(16)19)3-4-14(11)9-17-6-5-12(8-17)10-18-2/h3-4,7,12H,5-6,8-10H2,1-2H3,(H2,16,19). The number of methoxy groups -OCH3 is 1. The number of likely N-dealkylation sites (tertiary alicyclic amines) is 1. The summed E-state index contributed by atoms with van der Waals surface area (Å²) < 4.78 is 5.24. The van der Waals surface area contributed by atoms with Gasteiger partial charge in [-0.2, -0.15) is 0 Å². The molecule has 1 aliphatic rings. The van der Waals surface area contributed by atoms with E-state index in [2.05, 4.69) is 24.0 Å². The van der Waals surface area contributed by atoms with Crippen molar-refractivity contribution in [3.05, 3.63) is 34.9 Å². The summed E-state index contributed by atoms with van der Waals surface area (Å²) in [5.74, 6) is 0.682. The van der Waals surface area contributed by atoms with Gasteiger partial charge < -0.3 is 10.5 Å². The van der Waals surface area contributed by atoms with E-state index in [0.717, 1.165) is 31.8 Å². The van der Waals surface area contributed by atoms with Crippen LogP contribution in [0.3, 0.4) is 0 Å². The first kappa shape index (κ1) is 14.4. The lowest BCUT2D eigenvalue weighted by atomic mass is 10.0. The lowest BCUT2D eigenvalue weighted by Crippen LogP contribution is -2.22. The normalized spacial score (nSPS) is 19.8. The molecule has 1 saturated heterocycles. The van der Waals surface area contributed by atoms with Gasteiger partial charge >= 0.3 is 0 Å². The maximum Gasteiger partial charge on any atom is 0.103 e. The van der Waals surface area contributed by atoms with E-state index in [1.165, 1.54) is 17.5 Å². The summed E-state index contributed by atoms with van der Waals surface area (Å²) in [6.07, 6.45) is 1.23. The average Bonchev–Trinajstić information content (AvgIpc) is 2.79. The molecule has 19 heavy (non-hydrogen) atoms. The van der Waals surface area contributed by atoms with Gasteiger partial charge in [0.05, 0.1) is 6.61 Å². The zero-order valence-corrected chi connectivity index (χ0v) is 12.5. The highest BCUT2D eigenvalue weighted by Crippen LogP contribution is 2.20. The third-order valence-corrected chi connectivity index (χ3v) is 4.03. The summed E-state index contributed by atoms with van der Waals surface area (Å²) in [6.45, 7) is 6.29. The highest BCUT2D eigenvalue weighted by molar-refractivity contribution is 7.80. The van der Waals surface area contributed by atoms with Gasteiger partial charge in [0, 0.05) is 25.8 Å². The van der Waals surface area contributed by atoms with Crippen LogP contribution in [-0.4, -0.2) is 36.7 Å². The quantitative estimate of drug-likeness (QED) is 0.837.